The van der Waals surface area contributed by atoms with E-state index in [1.807, 2.05) is 29.2 Å². The number of amides is 1. The quantitative estimate of drug-likeness (QED) is 0.914. The minimum atomic E-state index is 0.149. The maximum atomic E-state index is 12.8. The Morgan fingerprint density at radius 3 is 3.00 bits per heavy atom. The van der Waals surface area contributed by atoms with E-state index >= 15 is 0 Å². The number of hydrogen-bond donors (Lipinski definition) is 1. The van der Waals surface area contributed by atoms with E-state index < -0.39 is 0 Å². The molecule has 132 valence electrons. The third-order valence-corrected chi connectivity index (χ3v) is 6.45. The lowest BCUT2D eigenvalue weighted by Crippen LogP contribution is -2.31. The Kier molecular flexibility index (Phi) is 4.48. The van der Waals surface area contributed by atoms with Gasteiger partial charge < -0.3 is 15.0 Å². The summed E-state index contributed by atoms with van der Waals surface area (Å²) in [6.45, 7) is 7.21. The normalized spacial score (nSPS) is 25.2. The van der Waals surface area contributed by atoms with Crippen LogP contribution in [0.2, 0.25) is 0 Å². The first-order valence-electron chi connectivity index (χ1n) is 8.74. The summed E-state index contributed by atoms with van der Waals surface area (Å²) in [5.41, 5.74) is 1.20. The van der Waals surface area contributed by atoms with Gasteiger partial charge >= 0.3 is 0 Å². The molecule has 0 radical (unpaired) electrons. The van der Waals surface area contributed by atoms with Crippen molar-refractivity contribution in [2.75, 3.05) is 31.6 Å². The summed E-state index contributed by atoms with van der Waals surface area (Å²) in [6, 6.07) is 7.87. The van der Waals surface area contributed by atoms with Crippen LogP contribution in [0.1, 0.15) is 20.1 Å². The summed E-state index contributed by atoms with van der Waals surface area (Å²) in [6.07, 6.45) is 1.96. The second-order valence-corrected chi connectivity index (χ2v) is 8.21. The highest BCUT2D eigenvalue weighted by Gasteiger charge is 2.45. The number of anilines is 1. The van der Waals surface area contributed by atoms with Crippen LogP contribution in [0, 0.1) is 25.7 Å². The zero-order valence-electron chi connectivity index (χ0n) is 14.6. The molecule has 2 aliphatic rings. The predicted octanol–water partition coefficient (Wildman–Crippen LogP) is 2.96. The third-order valence-electron chi connectivity index (χ3n) is 5.31. The van der Waals surface area contributed by atoms with Gasteiger partial charge in [0.2, 0.25) is 0 Å². The molecule has 1 amide bonds. The smallest absolute Gasteiger partial charge is 0.264 e. The Labute approximate surface area is 152 Å². The van der Waals surface area contributed by atoms with Crippen molar-refractivity contribution in [1.29, 1.82) is 0 Å². The molecule has 2 aromatic heterocycles. The van der Waals surface area contributed by atoms with Gasteiger partial charge in [-0.15, -0.1) is 11.3 Å². The highest BCUT2D eigenvalue weighted by atomic mass is 32.1. The van der Waals surface area contributed by atoms with Crippen molar-refractivity contribution < 1.29 is 9.53 Å². The van der Waals surface area contributed by atoms with Crippen molar-refractivity contribution in [3.63, 3.8) is 0 Å². The molecule has 6 heteroatoms. The highest BCUT2D eigenvalue weighted by Crippen LogP contribution is 2.35. The summed E-state index contributed by atoms with van der Waals surface area (Å²) >= 11 is 1.59. The van der Waals surface area contributed by atoms with Gasteiger partial charge in [-0.25, -0.2) is 4.98 Å². The van der Waals surface area contributed by atoms with Crippen molar-refractivity contribution in [2.45, 2.75) is 20.0 Å². The third kappa shape index (κ3) is 3.28. The molecule has 2 saturated heterocycles. The Morgan fingerprint density at radius 2 is 2.28 bits per heavy atom. The van der Waals surface area contributed by atoms with Crippen LogP contribution < -0.4 is 5.32 Å². The number of aromatic nitrogens is 1. The molecule has 0 saturated carbocycles. The van der Waals surface area contributed by atoms with E-state index in [4.69, 9.17) is 4.74 Å². The summed E-state index contributed by atoms with van der Waals surface area (Å²) in [5.74, 6) is 1.86. The summed E-state index contributed by atoms with van der Waals surface area (Å²) in [5, 5.41) is 3.39. The average molecular weight is 357 g/mol. The Morgan fingerprint density at radius 1 is 1.40 bits per heavy atom. The van der Waals surface area contributed by atoms with Gasteiger partial charge in [0.15, 0.2) is 0 Å². The number of nitrogens with one attached hydrogen (secondary N) is 1. The minimum Gasteiger partial charge on any atom is -0.376 e. The maximum absolute atomic E-state index is 12.8. The number of aryl methyl sites for hydroxylation is 2. The maximum Gasteiger partial charge on any atom is 0.264 e. The number of rotatable bonds is 4. The first-order valence-corrected chi connectivity index (χ1v) is 9.56. The number of pyridine rings is 1. The van der Waals surface area contributed by atoms with Crippen LogP contribution >= 0.6 is 11.3 Å². The van der Waals surface area contributed by atoms with E-state index in [1.165, 1.54) is 10.4 Å². The monoisotopic (exact) mass is 357 g/mol. The predicted molar refractivity (Wildman–Crippen MR) is 99.1 cm³/mol. The molecule has 0 bridgehead atoms. The molecule has 4 heterocycles. The number of carbonyl (C=O) groups is 1. The van der Waals surface area contributed by atoms with E-state index in [9.17, 15) is 4.79 Å². The lowest BCUT2D eigenvalue weighted by molar-refractivity contribution is 0.0684. The number of ether oxygens (including phenoxy) is 1. The standard InChI is InChI=1S/C19H23N3O2S/c1-12-7-17(25-13(12)2)19(23)22-9-15-14(11-24-16(15)10-22)8-21-18-5-3-4-6-20-18/h3-7,14-16H,8-11H2,1-2H3,(H,20,21)/t14-,15+,16+/m1/s1. The van der Waals surface area contributed by atoms with E-state index in [0.29, 0.717) is 18.4 Å². The molecule has 2 aliphatic heterocycles. The number of thiophene rings is 1. The van der Waals surface area contributed by atoms with Crippen LogP contribution in [0.25, 0.3) is 0 Å². The number of carbonyl (C=O) groups excluding carboxylic acids is 1. The van der Waals surface area contributed by atoms with Gasteiger partial charge in [-0.3, -0.25) is 4.79 Å². The molecule has 0 aliphatic carbocycles. The van der Waals surface area contributed by atoms with Gasteiger partial charge in [-0.1, -0.05) is 6.07 Å². The molecule has 25 heavy (non-hydrogen) atoms. The fourth-order valence-corrected chi connectivity index (χ4v) is 4.71. The van der Waals surface area contributed by atoms with Gasteiger partial charge in [0, 0.05) is 42.5 Å². The summed E-state index contributed by atoms with van der Waals surface area (Å²) in [4.78, 5) is 21.1. The second-order valence-electron chi connectivity index (χ2n) is 6.95. The molecular weight excluding hydrogens is 334 g/mol. The fourth-order valence-electron chi connectivity index (χ4n) is 3.71. The average Bonchev–Trinajstić information content (AvgIpc) is 3.29. The first kappa shape index (κ1) is 16.5. The van der Waals surface area contributed by atoms with Crippen LogP contribution in [0.15, 0.2) is 30.5 Å². The van der Waals surface area contributed by atoms with Crippen molar-refractivity contribution >= 4 is 23.1 Å². The lowest BCUT2D eigenvalue weighted by atomic mass is 9.93. The molecule has 2 fully saturated rings. The van der Waals surface area contributed by atoms with Crippen molar-refractivity contribution in [3.8, 4) is 0 Å². The van der Waals surface area contributed by atoms with E-state index in [0.717, 1.165) is 30.4 Å². The Balaban J connectivity index is 1.38. The molecule has 0 unspecified atom stereocenters. The molecule has 2 aromatic rings. The van der Waals surface area contributed by atoms with Crippen molar-refractivity contribution in [3.05, 3.63) is 45.8 Å². The van der Waals surface area contributed by atoms with Crippen LogP contribution in [0.5, 0.6) is 0 Å². The molecular formula is C19H23N3O2S. The van der Waals surface area contributed by atoms with Crippen LogP contribution in [-0.2, 0) is 4.74 Å². The van der Waals surface area contributed by atoms with Crippen LogP contribution in [0.3, 0.4) is 0 Å². The Hall–Kier alpha value is -1.92. The van der Waals surface area contributed by atoms with Gasteiger partial charge in [-0.2, -0.15) is 0 Å². The topological polar surface area (TPSA) is 54.5 Å². The van der Waals surface area contributed by atoms with E-state index in [-0.39, 0.29) is 12.0 Å². The van der Waals surface area contributed by atoms with E-state index in [2.05, 4.69) is 24.1 Å². The highest BCUT2D eigenvalue weighted by molar-refractivity contribution is 7.14. The number of nitrogens with zero attached hydrogens (tertiary/aromatic N) is 2. The number of fused-ring (bicyclic) bond motifs is 1. The molecule has 0 aromatic carbocycles. The van der Waals surface area contributed by atoms with Crippen LogP contribution in [-0.4, -0.2) is 48.1 Å². The van der Waals surface area contributed by atoms with Crippen molar-refractivity contribution in [2.24, 2.45) is 11.8 Å². The van der Waals surface area contributed by atoms with Crippen molar-refractivity contribution in [1.82, 2.24) is 9.88 Å². The molecule has 3 atom stereocenters. The molecule has 5 nitrogen and oxygen atoms in total. The first-order chi connectivity index (χ1) is 12.1. The fraction of sp³-hybridized carbons (Fsp3) is 0.474. The zero-order valence-corrected chi connectivity index (χ0v) is 15.4. The minimum absolute atomic E-state index is 0.149. The van der Waals surface area contributed by atoms with Gasteiger partial charge in [0.1, 0.15) is 5.82 Å². The zero-order chi connectivity index (χ0) is 17.4. The summed E-state index contributed by atoms with van der Waals surface area (Å²) < 4.78 is 5.97. The van der Waals surface area contributed by atoms with Gasteiger partial charge in [0.05, 0.1) is 17.6 Å². The Bertz CT molecular complexity index is 742. The van der Waals surface area contributed by atoms with Gasteiger partial charge in [-0.05, 0) is 37.6 Å². The van der Waals surface area contributed by atoms with Crippen LogP contribution in [0.4, 0.5) is 5.82 Å². The summed E-state index contributed by atoms with van der Waals surface area (Å²) in [7, 11) is 0. The number of likely N-dealkylation sites (tertiary alicyclic amines) is 1. The largest absolute Gasteiger partial charge is 0.376 e. The number of hydrogen-bond acceptors (Lipinski definition) is 5. The van der Waals surface area contributed by atoms with E-state index in [1.54, 1.807) is 17.5 Å². The molecule has 0 spiro atoms. The second kappa shape index (κ2) is 6.77. The molecule has 1 N–H and O–H groups in total. The lowest BCUT2D eigenvalue weighted by Gasteiger charge is -2.20. The SMILES string of the molecule is Cc1cc(C(=O)N2C[C@H]3[C@H](CNc4ccccn4)CO[C@H]3C2)sc1C. The van der Waals surface area contributed by atoms with Gasteiger partial charge in [0.25, 0.3) is 5.91 Å². The molecule has 4 rings (SSSR count).